The van der Waals surface area contributed by atoms with Crippen molar-refractivity contribution in [2.45, 2.75) is 50.7 Å². The SMILES string of the molecule is C[C@]1(C(=O)[C@H](Cc2ccccc2)NC(=O)[C@H](COC(F)F)CC(=O)[C@H](COC(F)F)NC(=O)c2ccncn2)CO1. The first-order valence-electron chi connectivity index (χ1n) is 12.4. The third-order valence-electron chi connectivity index (χ3n) is 6.15. The Kier molecular flexibility index (Phi) is 11.4. The van der Waals surface area contributed by atoms with E-state index in [0.717, 1.165) is 6.33 Å². The van der Waals surface area contributed by atoms with Crippen LogP contribution in [-0.2, 0) is 35.0 Å². The standard InChI is InChI=1S/C26H28F4N4O7/c1-26(13-41-26)21(36)18(9-15-5-3-2-4-6-15)33-22(37)16(11-39-24(27)28)10-20(35)19(12-40-25(29)30)34-23(38)17-7-8-31-14-32-17/h2-8,14,16,18-19,24-25H,9-13H2,1H3,(H,33,37)(H,34,38)/t16-,18-,19-,26+/m0/s1. The van der Waals surface area contributed by atoms with Crippen LogP contribution in [0.4, 0.5) is 17.6 Å². The number of amides is 2. The highest BCUT2D eigenvalue weighted by molar-refractivity contribution is 5.99. The van der Waals surface area contributed by atoms with E-state index in [0.29, 0.717) is 5.56 Å². The molecule has 1 fully saturated rings. The van der Waals surface area contributed by atoms with Crippen molar-refractivity contribution < 1.29 is 51.0 Å². The number of benzene rings is 1. The topological polar surface area (TPSA) is 149 Å². The monoisotopic (exact) mass is 584 g/mol. The molecule has 2 amide bonds. The van der Waals surface area contributed by atoms with Gasteiger partial charge in [-0.2, -0.15) is 17.6 Å². The maximum Gasteiger partial charge on any atom is 0.345 e. The Labute approximate surface area is 232 Å². The maximum atomic E-state index is 13.2. The van der Waals surface area contributed by atoms with Gasteiger partial charge >= 0.3 is 13.2 Å². The van der Waals surface area contributed by atoms with Gasteiger partial charge in [-0.25, -0.2) is 9.97 Å². The zero-order valence-electron chi connectivity index (χ0n) is 21.8. The van der Waals surface area contributed by atoms with Crippen LogP contribution in [0.1, 0.15) is 29.4 Å². The van der Waals surface area contributed by atoms with Crippen LogP contribution in [0, 0.1) is 5.92 Å². The molecule has 0 spiro atoms. The molecule has 1 aromatic heterocycles. The van der Waals surface area contributed by atoms with E-state index in [1.807, 2.05) is 0 Å². The second-order valence-electron chi connectivity index (χ2n) is 9.31. The summed E-state index contributed by atoms with van der Waals surface area (Å²) in [6.07, 6.45) is 1.50. The van der Waals surface area contributed by atoms with Gasteiger partial charge in [0.15, 0.2) is 11.6 Å². The van der Waals surface area contributed by atoms with Crippen molar-refractivity contribution in [3.8, 4) is 0 Å². The number of halogens is 4. The first-order chi connectivity index (χ1) is 19.5. The van der Waals surface area contributed by atoms with Crippen molar-refractivity contribution >= 4 is 23.4 Å². The Morgan fingerprint density at radius 1 is 0.976 bits per heavy atom. The molecule has 41 heavy (non-hydrogen) atoms. The summed E-state index contributed by atoms with van der Waals surface area (Å²) in [6, 6.07) is 7.00. The van der Waals surface area contributed by atoms with Crippen molar-refractivity contribution in [1.82, 2.24) is 20.6 Å². The number of carbonyl (C=O) groups excluding carboxylic acids is 4. The lowest BCUT2D eigenvalue weighted by Gasteiger charge is -2.24. The van der Waals surface area contributed by atoms with Crippen molar-refractivity contribution in [2.75, 3.05) is 19.8 Å². The Morgan fingerprint density at radius 3 is 2.22 bits per heavy atom. The molecule has 1 aliphatic rings. The highest BCUT2D eigenvalue weighted by atomic mass is 19.3. The lowest BCUT2D eigenvalue weighted by molar-refractivity contribution is -0.155. The molecule has 15 heteroatoms. The van der Waals surface area contributed by atoms with E-state index in [2.05, 4.69) is 30.1 Å². The number of rotatable bonds is 17. The van der Waals surface area contributed by atoms with E-state index >= 15 is 0 Å². The Bertz CT molecular complexity index is 1190. The largest absolute Gasteiger partial charge is 0.361 e. The number of aromatic nitrogens is 2. The molecule has 4 atom stereocenters. The highest BCUT2D eigenvalue weighted by Crippen LogP contribution is 2.29. The van der Waals surface area contributed by atoms with Gasteiger partial charge in [0.2, 0.25) is 5.91 Å². The van der Waals surface area contributed by atoms with E-state index in [-0.39, 0.29) is 18.7 Å². The summed E-state index contributed by atoms with van der Waals surface area (Å²) in [6.45, 7) is -6.86. The van der Waals surface area contributed by atoms with Gasteiger partial charge in [-0.1, -0.05) is 30.3 Å². The van der Waals surface area contributed by atoms with E-state index in [4.69, 9.17) is 4.74 Å². The summed E-state index contributed by atoms with van der Waals surface area (Å²) in [7, 11) is 0. The van der Waals surface area contributed by atoms with Crippen LogP contribution in [0.3, 0.4) is 0 Å². The van der Waals surface area contributed by atoms with Crippen LogP contribution >= 0.6 is 0 Å². The van der Waals surface area contributed by atoms with Crippen LogP contribution in [0.2, 0.25) is 0 Å². The van der Waals surface area contributed by atoms with Gasteiger partial charge in [-0.05, 0) is 25.0 Å². The molecule has 3 rings (SSSR count). The number of hydrogen-bond acceptors (Lipinski definition) is 9. The van der Waals surface area contributed by atoms with Crippen molar-refractivity contribution in [2.24, 2.45) is 5.92 Å². The van der Waals surface area contributed by atoms with Gasteiger partial charge < -0.3 is 24.8 Å². The minimum Gasteiger partial charge on any atom is -0.361 e. The predicted octanol–water partition coefficient (Wildman–Crippen LogP) is 1.71. The van der Waals surface area contributed by atoms with E-state index in [9.17, 15) is 36.7 Å². The number of Topliss-reactive ketones (excluding diaryl/α,β-unsaturated/α-hetero) is 2. The average molecular weight is 585 g/mol. The van der Waals surface area contributed by atoms with Crippen molar-refractivity contribution in [1.29, 1.82) is 0 Å². The molecule has 2 N–H and O–H groups in total. The summed E-state index contributed by atoms with van der Waals surface area (Å²) >= 11 is 0. The quantitative estimate of drug-likeness (QED) is 0.209. The fourth-order valence-electron chi connectivity index (χ4n) is 3.81. The average Bonchev–Trinajstić information content (AvgIpc) is 3.71. The number of carbonyl (C=O) groups is 4. The molecule has 0 aliphatic carbocycles. The molecule has 0 unspecified atom stereocenters. The second kappa shape index (κ2) is 14.7. The number of nitrogens with one attached hydrogen (secondary N) is 2. The summed E-state index contributed by atoms with van der Waals surface area (Å²) in [4.78, 5) is 59.2. The fraction of sp³-hybridized carbons (Fsp3) is 0.462. The number of alkyl halides is 4. The third-order valence-corrected chi connectivity index (χ3v) is 6.15. The molecule has 0 bridgehead atoms. The van der Waals surface area contributed by atoms with Crippen molar-refractivity contribution in [3.63, 3.8) is 0 Å². The molecule has 11 nitrogen and oxygen atoms in total. The maximum absolute atomic E-state index is 13.2. The number of epoxide rings is 1. The number of nitrogens with zero attached hydrogens (tertiary/aromatic N) is 2. The highest BCUT2D eigenvalue weighted by Gasteiger charge is 2.50. The van der Waals surface area contributed by atoms with Gasteiger partial charge in [0.1, 0.15) is 23.7 Å². The van der Waals surface area contributed by atoms with Crippen LogP contribution in [0.15, 0.2) is 48.9 Å². The molecule has 2 aromatic rings. The first-order valence-corrected chi connectivity index (χ1v) is 12.4. The molecule has 222 valence electrons. The second-order valence-corrected chi connectivity index (χ2v) is 9.31. The molecule has 1 aliphatic heterocycles. The number of hydrogen-bond donors (Lipinski definition) is 2. The van der Waals surface area contributed by atoms with Crippen LogP contribution in [0.5, 0.6) is 0 Å². The van der Waals surface area contributed by atoms with E-state index in [1.54, 1.807) is 30.3 Å². The van der Waals surface area contributed by atoms with Gasteiger partial charge in [0.05, 0.1) is 31.8 Å². The van der Waals surface area contributed by atoms with Crippen LogP contribution in [-0.4, -0.2) is 84.1 Å². The molecular formula is C26H28F4N4O7. The third kappa shape index (κ3) is 9.95. The van der Waals surface area contributed by atoms with Crippen molar-refractivity contribution in [3.05, 3.63) is 60.2 Å². The summed E-state index contributed by atoms with van der Waals surface area (Å²) in [5.74, 6) is -4.95. The number of ether oxygens (including phenoxy) is 3. The normalized spacial score (nSPS) is 18.4. The molecule has 1 aromatic carbocycles. The zero-order valence-corrected chi connectivity index (χ0v) is 21.8. The Balaban J connectivity index is 1.77. The number of ketones is 2. The van der Waals surface area contributed by atoms with Gasteiger partial charge in [0.25, 0.3) is 5.91 Å². The molecule has 0 radical (unpaired) electrons. The van der Waals surface area contributed by atoms with Gasteiger partial charge in [-0.15, -0.1) is 0 Å². The van der Waals surface area contributed by atoms with E-state index < -0.39 is 79.8 Å². The Morgan fingerprint density at radius 2 is 1.63 bits per heavy atom. The summed E-state index contributed by atoms with van der Waals surface area (Å²) in [5, 5.41) is 4.68. The predicted molar refractivity (Wildman–Crippen MR) is 132 cm³/mol. The fourth-order valence-corrected chi connectivity index (χ4v) is 3.81. The smallest absolute Gasteiger partial charge is 0.345 e. The van der Waals surface area contributed by atoms with Gasteiger partial charge in [0, 0.05) is 12.6 Å². The first kappa shape index (κ1) is 31.7. The minimum absolute atomic E-state index is 0.0422. The molecule has 2 heterocycles. The lowest BCUT2D eigenvalue weighted by Crippen LogP contribution is -2.51. The summed E-state index contributed by atoms with van der Waals surface area (Å²) < 4.78 is 64.9. The summed E-state index contributed by atoms with van der Waals surface area (Å²) in [5.41, 5.74) is -0.646. The van der Waals surface area contributed by atoms with Gasteiger partial charge in [-0.3, -0.25) is 19.2 Å². The molecule has 1 saturated heterocycles. The molecule has 0 saturated carbocycles. The molecular weight excluding hydrogens is 556 g/mol. The lowest BCUT2D eigenvalue weighted by atomic mass is 9.93. The Hall–Kier alpha value is -3.82. The van der Waals surface area contributed by atoms with Crippen LogP contribution < -0.4 is 10.6 Å². The van der Waals surface area contributed by atoms with Crippen LogP contribution in [0.25, 0.3) is 0 Å². The zero-order chi connectivity index (χ0) is 30.0. The van der Waals surface area contributed by atoms with E-state index in [1.165, 1.54) is 19.2 Å². The minimum atomic E-state index is -3.30.